The summed E-state index contributed by atoms with van der Waals surface area (Å²) in [4.78, 5) is 4.63. The molecule has 0 fully saturated rings. The summed E-state index contributed by atoms with van der Waals surface area (Å²) in [5.41, 5.74) is 11.0. The van der Waals surface area contributed by atoms with Crippen LogP contribution in [0.3, 0.4) is 0 Å². The maximum Gasteiger partial charge on any atom is 0.160 e. The lowest BCUT2D eigenvalue weighted by molar-refractivity contribution is 0.734. The minimum absolute atomic E-state index is 0.121. The van der Waals surface area contributed by atoms with Crippen molar-refractivity contribution in [3.05, 3.63) is 102 Å². The summed E-state index contributed by atoms with van der Waals surface area (Å²) < 4.78 is 0. The van der Waals surface area contributed by atoms with Gasteiger partial charge in [0.1, 0.15) is 0 Å². The molecule has 0 saturated heterocycles. The smallest absolute Gasteiger partial charge is 0.160 e. The van der Waals surface area contributed by atoms with Crippen LogP contribution in [0, 0.1) is 0 Å². The highest BCUT2D eigenvalue weighted by molar-refractivity contribution is 8.14. The highest BCUT2D eigenvalue weighted by Crippen LogP contribution is 2.36. The zero-order chi connectivity index (χ0) is 19.1. The predicted molar refractivity (Wildman–Crippen MR) is 119 cm³/mol. The molecule has 0 amide bonds. The fourth-order valence-electron chi connectivity index (χ4n) is 2.97. The van der Waals surface area contributed by atoms with Crippen molar-refractivity contribution < 1.29 is 0 Å². The first-order valence-corrected chi connectivity index (χ1v) is 10.3. The molecule has 0 aromatic heterocycles. The fourth-order valence-corrected chi connectivity index (χ4v) is 3.96. The number of rotatable bonds is 6. The van der Waals surface area contributed by atoms with Crippen molar-refractivity contribution in [1.82, 2.24) is 0 Å². The van der Waals surface area contributed by atoms with Gasteiger partial charge in [-0.25, -0.2) is 4.99 Å². The Bertz CT molecular complexity index is 818. The molecule has 0 spiro atoms. The minimum Gasteiger partial charge on any atom is -0.378 e. The van der Waals surface area contributed by atoms with E-state index in [1.807, 2.05) is 12.1 Å². The molecule has 0 bridgehead atoms. The van der Waals surface area contributed by atoms with Crippen molar-refractivity contribution in [2.75, 3.05) is 0 Å². The average molecular weight is 375 g/mol. The third-order valence-electron chi connectivity index (χ3n) is 4.76. The summed E-state index contributed by atoms with van der Waals surface area (Å²) in [7, 11) is 0. The summed E-state index contributed by atoms with van der Waals surface area (Å²) in [6, 6.07) is 29.3. The van der Waals surface area contributed by atoms with Crippen LogP contribution >= 0.6 is 11.8 Å². The van der Waals surface area contributed by atoms with Gasteiger partial charge in [0.05, 0.1) is 10.9 Å². The third-order valence-corrected chi connectivity index (χ3v) is 5.87. The monoisotopic (exact) mass is 374 g/mol. The van der Waals surface area contributed by atoms with E-state index in [9.17, 15) is 0 Å². The SMILES string of the molecule is CC[C@H](C)c1ccc(N=C(N)SC(c2ccccc2)c2ccccc2)cc1. The summed E-state index contributed by atoms with van der Waals surface area (Å²) in [6.07, 6.45) is 1.14. The molecule has 0 aliphatic heterocycles. The van der Waals surface area contributed by atoms with Crippen LogP contribution in [0.2, 0.25) is 0 Å². The topological polar surface area (TPSA) is 38.4 Å². The zero-order valence-corrected chi connectivity index (χ0v) is 16.7. The fraction of sp³-hybridized carbons (Fsp3) is 0.208. The highest BCUT2D eigenvalue weighted by Gasteiger charge is 2.16. The van der Waals surface area contributed by atoms with E-state index >= 15 is 0 Å². The lowest BCUT2D eigenvalue weighted by Gasteiger charge is -2.17. The Balaban J connectivity index is 1.82. The van der Waals surface area contributed by atoms with Crippen LogP contribution < -0.4 is 5.73 Å². The molecule has 0 saturated carbocycles. The molecule has 3 aromatic carbocycles. The molecule has 3 rings (SSSR count). The van der Waals surface area contributed by atoms with Crippen LogP contribution in [0.1, 0.15) is 48.1 Å². The summed E-state index contributed by atoms with van der Waals surface area (Å²) in [5, 5.41) is 0.694. The second kappa shape index (κ2) is 9.43. The van der Waals surface area contributed by atoms with Gasteiger partial charge in [0.25, 0.3) is 0 Å². The molecule has 0 heterocycles. The van der Waals surface area contributed by atoms with Gasteiger partial charge in [-0.15, -0.1) is 0 Å². The molecule has 0 aliphatic rings. The van der Waals surface area contributed by atoms with E-state index in [2.05, 4.69) is 91.6 Å². The largest absolute Gasteiger partial charge is 0.378 e. The molecule has 2 nitrogen and oxygen atoms in total. The molecule has 3 heteroatoms. The highest BCUT2D eigenvalue weighted by atomic mass is 32.2. The Hall–Kier alpha value is -2.52. The van der Waals surface area contributed by atoms with Gasteiger partial charge < -0.3 is 5.73 Å². The summed E-state index contributed by atoms with van der Waals surface area (Å²) >= 11 is 1.59. The van der Waals surface area contributed by atoms with Gasteiger partial charge in [0.2, 0.25) is 0 Å². The van der Waals surface area contributed by atoms with Crippen LogP contribution in [0.15, 0.2) is 89.9 Å². The van der Waals surface area contributed by atoms with Crippen molar-refractivity contribution in [2.45, 2.75) is 31.4 Å². The van der Waals surface area contributed by atoms with E-state index in [0.717, 1.165) is 12.1 Å². The third kappa shape index (κ3) is 5.24. The number of hydrogen-bond donors (Lipinski definition) is 1. The number of benzene rings is 3. The number of nitrogens with two attached hydrogens (primary N) is 1. The van der Waals surface area contributed by atoms with Crippen molar-refractivity contribution in [3.63, 3.8) is 0 Å². The first kappa shape index (κ1) is 19.2. The standard InChI is InChI=1S/C24H26N2S/c1-3-18(2)19-14-16-22(17-15-19)26-24(25)27-23(20-10-6-4-7-11-20)21-12-8-5-9-13-21/h4-18,23H,3H2,1-2H3,(H2,25,26)/t18-/m0/s1. The van der Waals surface area contributed by atoms with Crippen LogP contribution in [0.4, 0.5) is 5.69 Å². The molecular weight excluding hydrogens is 348 g/mol. The first-order chi connectivity index (χ1) is 13.2. The van der Waals surface area contributed by atoms with Crippen LogP contribution in [0.25, 0.3) is 0 Å². The normalized spacial score (nSPS) is 12.9. The summed E-state index contributed by atoms with van der Waals surface area (Å²) in [5.74, 6) is 0.565. The van der Waals surface area contributed by atoms with Crippen molar-refractivity contribution in [1.29, 1.82) is 0 Å². The van der Waals surface area contributed by atoms with Gasteiger partial charge in [-0.3, -0.25) is 0 Å². The van der Waals surface area contributed by atoms with Gasteiger partial charge in [-0.2, -0.15) is 0 Å². The predicted octanol–water partition coefficient (Wildman–Crippen LogP) is 6.67. The molecule has 1 atom stereocenters. The zero-order valence-electron chi connectivity index (χ0n) is 15.9. The van der Waals surface area contributed by atoms with E-state index in [-0.39, 0.29) is 5.25 Å². The van der Waals surface area contributed by atoms with Gasteiger partial charge >= 0.3 is 0 Å². The molecule has 0 radical (unpaired) electrons. The average Bonchev–Trinajstić information content (AvgIpc) is 2.73. The number of hydrogen-bond acceptors (Lipinski definition) is 2. The Morgan fingerprint density at radius 1 is 0.815 bits per heavy atom. The van der Waals surface area contributed by atoms with E-state index in [0.29, 0.717) is 11.1 Å². The Kier molecular flexibility index (Phi) is 6.72. The summed E-state index contributed by atoms with van der Waals surface area (Å²) in [6.45, 7) is 4.45. The van der Waals surface area contributed by atoms with Gasteiger partial charge in [-0.1, -0.05) is 98.4 Å². The molecule has 2 N–H and O–H groups in total. The quantitative estimate of drug-likeness (QED) is 0.386. The first-order valence-electron chi connectivity index (χ1n) is 9.38. The van der Waals surface area contributed by atoms with E-state index in [4.69, 9.17) is 5.73 Å². The Morgan fingerprint density at radius 2 is 1.33 bits per heavy atom. The number of aliphatic imine (C=N–C) groups is 1. The van der Waals surface area contributed by atoms with Crippen LogP contribution in [0.5, 0.6) is 0 Å². The minimum atomic E-state index is 0.121. The van der Waals surface area contributed by atoms with Crippen molar-refractivity contribution >= 4 is 22.6 Å². The molecular formula is C24H26N2S. The lowest BCUT2D eigenvalue weighted by atomic mass is 9.99. The Labute approximate surface area is 166 Å². The maximum atomic E-state index is 6.32. The molecule has 0 aliphatic carbocycles. The number of thioether (sulfide) groups is 1. The maximum absolute atomic E-state index is 6.32. The number of nitrogens with zero attached hydrogens (tertiary/aromatic N) is 1. The van der Waals surface area contributed by atoms with Crippen LogP contribution in [-0.4, -0.2) is 5.17 Å². The van der Waals surface area contributed by atoms with Crippen molar-refractivity contribution in [3.8, 4) is 0 Å². The van der Waals surface area contributed by atoms with E-state index in [1.54, 1.807) is 11.8 Å². The molecule has 0 unspecified atom stereocenters. The van der Waals surface area contributed by atoms with Crippen LogP contribution in [-0.2, 0) is 0 Å². The van der Waals surface area contributed by atoms with Crippen molar-refractivity contribution in [2.24, 2.45) is 10.7 Å². The van der Waals surface area contributed by atoms with Gasteiger partial charge in [0.15, 0.2) is 5.17 Å². The van der Waals surface area contributed by atoms with E-state index < -0.39 is 0 Å². The van der Waals surface area contributed by atoms with Gasteiger partial charge in [-0.05, 0) is 41.2 Å². The lowest BCUT2D eigenvalue weighted by Crippen LogP contribution is -2.10. The Morgan fingerprint density at radius 3 is 1.81 bits per heavy atom. The molecule has 27 heavy (non-hydrogen) atoms. The number of amidine groups is 1. The second-order valence-corrected chi connectivity index (χ2v) is 7.80. The molecule has 138 valence electrons. The van der Waals surface area contributed by atoms with Gasteiger partial charge in [0, 0.05) is 0 Å². The van der Waals surface area contributed by atoms with E-state index in [1.165, 1.54) is 16.7 Å². The second-order valence-electron chi connectivity index (χ2n) is 6.67. The molecule has 3 aromatic rings.